The summed E-state index contributed by atoms with van der Waals surface area (Å²) in [4.78, 5) is 25.6. The van der Waals surface area contributed by atoms with Gasteiger partial charge in [-0.2, -0.15) is 0 Å². The molecule has 0 spiro atoms. The molecule has 0 saturated carbocycles. The van der Waals surface area contributed by atoms with E-state index in [4.69, 9.17) is 5.73 Å². The van der Waals surface area contributed by atoms with Crippen LogP contribution in [-0.4, -0.2) is 17.0 Å². The van der Waals surface area contributed by atoms with Crippen molar-refractivity contribution in [1.29, 1.82) is 0 Å². The van der Waals surface area contributed by atoms with Crippen LogP contribution >= 0.6 is 12.4 Å². The Labute approximate surface area is 177 Å². The summed E-state index contributed by atoms with van der Waals surface area (Å²) in [5.74, 6) is 0.155. The van der Waals surface area contributed by atoms with Gasteiger partial charge < -0.3 is 15.6 Å². The molecule has 0 radical (unpaired) electrons. The first-order valence-corrected chi connectivity index (χ1v) is 9.71. The second-order valence-corrected chi connectivity index (χ2v) is 7.32. The number of fused-ring (bicyclic) bond motifs is 1. The molecule has 0 aliphatic carbocycles. The normalized spacial score (nSPS) is 10.8. The van der Waals surface area contributed by atoms with E-state index in [1.165, 1.54) is 0 Å². The summed E-state index contributed by atoms with van der Waals surface area (Å²) in [7, 11) is 0. The highest BCUT2D eigenvalue weighted by Crippen LogP contribution is 2.31. The molecule has 3 aromatic rings. The molecule has 1 aromatic heterocycles. The van der Waals surface area contributed by atoms with Crippen LogP contribution in [0.5, 0.6) is 0 Å². The van der Waals surface area contributed by atoms with Gasteiger partial charge in [0.25, 0.3) is 11.5 Å². The predicted molar refractivity (Wildman–Crippen MR) is 122 cm³/mol. The summed E-state index contributed by atoms with van der Waals surface area (Å²) in [5.41, 5.74) is 9.31. The van der Waals surface area contributed by atoms with Crippen molar-refractivity contribution in [3.8, 4) is 11.1 Å². The van der Waals surface area contributed by atoms with Crippen LogP contribution in [-0.2, 0) is 13.1 Å². The van der Waals surface area contributed by atoms with E-state index in [9.17, 15) is 9.59 Å². The summed E-state index contributed by atoms with van der Waals surface area (Å²) in [6.07, 6.45) is 0. The van der Waals surface area contributed by atoms with E-state index in [1.807, 2.05) is 43.3 Å². The highest BCUT2D eigenvalue weighted by molar-refractivity contribution is 6.03. The molecule has 0 atom stereocenters. The van der Waals surface area contributed by atoms with E-state index in [0.717, 1.165) is 22.2 Å². The van der Waals surface area contributed by atoms with Crippen molar-refractivity contribution in [3.05, 3.63) is 70.1 Å². The van der Waals surface area contributed by atoms with Crippen molar-refractivity contribution in [2.24, 2.45) is 11.7 Å². The second kappa shape index (κ2) is 9.72. The lowest BCUT2D eigenvalue weighted by Gasteiger charge is -2.21. The van der Waals surface area contributed by atoms with Crippen LogP contribution in [0.25, 0.3) is 21.9 Å². The van der Waals surface area contributed by atoms with Crippen LogP contribution in [0.1, 0.15) is 36.8 Å². The van der Waals surface area contributed by atoms with E-state index in [2.05, 4.69) is 19.2 Å². The second-order valence-electron chi connectivity index (χ2n) is 7.32. The average Bonchev–Trinajstić information content (AvgIpc) is 2.70. The van der Waals surface area contributed by atoms with Gasteiger partial charge in [-0.25, -0.2) is 0 Å². The molecule has 154 valence electrons. The van der Waals surface area contributed by atoms with Gasteiger partial charge >= 0.3 is 0 Å². The molecule has 0 fully saturated rings. The molecular formula is C23H28ClN3O2. The zero-order valence-corrected chi connectivity index (χ0v) is 17.9. The molecule has 5 nitrogen and oxygen atoms in total. The number of nitrogens with one attached hydrogen (secondary N) is 1. The third-order valence-corrected chi connectivity index (χ3v) is 4.78. The third-order valence-electron chi connectivity index (χ3n) is 4.78. The highest BCUT2D eigenvalue weighted by atomic mass is 35.5. The molecule has 0 aliphatic heterocycles. The quantitative estimate of drug-likeness (QED) is 0.642. The van der Waals surface area contributed by atoms with E-state index in [-0.39, 0.29) is 30.4 Å². The first-order valence-electron chi connectivity index (χ1n) is 9.71. The zero-order valence-electron chi connectivity index (χ0n) is 17.1. The fraction of sp³-hybridized carbons (Fsp3) is 0.304. The Morgan fingerprint density at radius 2 is 1.79 bits per heavy atom. The molecule has 3 rings (SSSR count). The Bertz CT molecular complexity index is 1060. The van der Waals surface area contributed by atoms with E-state index in [0.29, 0.717) is 30.0 Å². The van der Waals surface area contributed by atoms with Gasteiger partial charge in [0.05, 0.1) is 0 Å². The van der Waals surface area contributed by atoms with Crippen LogP contribution in [0, 0.1) is 5.92 Å². The van der Waals surface area contributed by atoms with Gasteiger partial charge in [0.15, 0.2) is 0 Å². The van der Waals surface area contributed by atoms with E-state index in [1.54, 1.807) is 16.7 Å². The number of aromatic nitrogens is 1. The summed E-state index contributed by atoms with van der Waals surface area (Å²) in [6, 6.07) is 15.2. The van der Waals surface area contributed by atoms with Crippen LogP contribution in [0.3, 0.4) is 0 Å². The third kappa shape index (κ3) is 4.52. The standard InChI is InChI=1S/C23H27N3O2.ClH/c1-4-25-22(27)17-10-11-18-19(12-17)21(16-8-6-5-7-9-16)20(13-24)26(23(18)28)14-15(2)3;/h5-12,15H,4,13-14,24H2,1-3H3,(H,25,27);1H. The molecule has 3 N–H and O–H groups in total. The minimum Gasteiger partial charge on any atom is -0.352 e. The molecule has 0 bridgehead atoms. The number of benzene rings is 2. The van der Waals surface area contributed by atoms with Gasteiger partial charge in [-0.3, -0.25) is 9.59 Å². The first-order chi connectivity index (χ1) is 13.5. The molecule has 1 amide bonds. The lowest BCUT2D eigenvalue weighted by molar-refractivity contribution is 0.0956. The van der Waals surface area contributed by atoms with Crippen LogP contribution in [0.15, 0.2) is 53.3 Å². The van der Waals surface area contributed by atoms with E-state index >= 15 is 0 Å². The van der Waals surface area contributed by atoms with Crippen LogP contribution in [0.2, 0.25) is 0 Å². The topological polar surface area (TPSA) is 77.1 Å². The molecule has 1 heterocycles. The van der Waals surface area contributed by atoms with Gasteiger partial charge in [-0.15, -0.1) is 12.4 Å². The smallest absolute Gasteiger partial charge is 0.258 e. The largest absolute Gasteiger partial charge is 0.352 e. The number of pyridine rings is 1. The SMILES string of the molecule is CCNC(=O)c1ccc2c(=O)n(CC(C)C)c(CN)c(-c3ccccc3)c2c1.Cl. The molecular weight excluding hydrogens is 386 g/mol. The Morgan fingerprint density at radius 1 is 1.10 bits per heavy atom. The van der Waals surface area contributed by atoms with Crippen molar-refractivity contribution in [3.63, 3.8) is 0 Å². The summed E-state index contributed by atoms with van der Waals surface area (Å²) in [6.45, 7) is 7.43. The molecule has 6 heteroatoms. The maximum atomic E-state index is 13.2. The number of amides is 1. The van der Waals surface area contributed by atoms with Gasteiger partial charge in [0, 0.05) is 41.8 Å². The van der Waals surface area contributed by atoms with Gasteiger partial charge in [-0.05, 0) is 42.0 Å². The van der Waals surface area contributed by atoms with Crippen molar-refractivity contribution < 1.29 is 4.79 Å². The van der Waals surface area contributed by atoms with Crippen LogP contribution in [0.4, 0.5) is 0 Å². The number of nitrogens with zero attached hydrogens (tertiary/aromatic N) is 1. The minimum absolute atomic E-state index is 0. The summed E-state index contributed by atoms with van der Waals surface area (Å²) in [5, 5.41) is 4.19. The van der Waals surface area contributed by atoms with Crippen molar-refractivity contribution in [1.82, 2.24) is 9.88 Å². The fourth-order valence-corrected chi connectivity index (χ4v) is 3.60. The molecule has 29 heavy (non-hydrogen) atoms. The van der Waals surface area contributed by atoms with Crippen molar-refractivity contribution in [2.75, 3.05) is 6.54 Å². The maximum absolute atomic E-state index is 13.2. The number of nitrogens with two attached hydrogens (primary N) is 1. The maximum Gasteiger partial charge on any atom is 0.258 e. The Balaban J connectivity index is 0.00000300. The Kier molecular flexibility index (Phi) is 7.59. The van der Waals surface area contributed by atoms with E-state index < -0.39 is 0 Å². The minimum atomic E-state index is -0.149. The van der Waals surface area contributed by atoms with Gasteiger partial charge in [0.1, 0.15) is 0 Å². The number of halogens is 1. The van der Waals surface area contributed by atoms with Crippen LogP contribution < -0.4 is 16.6 Å². The van der Waals surface area contributed by atoms with Crippen molar-refractivity contribution >= 4 is 29.1 Å². The highest BCUT2D eigenvalue weighted by Gasteiger charge is 2.19. The predicted octanol–water partition coefficient (Wildman–Crippen LogP) is 3.95. The number of carbonyl (C=O) groups excluding carboxylic acids is 1. The van der Waals surface area contributed by atoms with Gasteiger partial charge in [-0.1, -0.05) is 44.2 Å². The molecule has 0 aliphatic rings. The number of rotatable bonds is 6. The van der Waals surface area contributed by atoms with Crippen molar-refractivity contribution in [2.45, 2.75) is 33.9 Å². The Morgan fingerprint density at radius 3 is 2.38 bits per heavy atom. The molecule has 0 saturated heterocycles. The fourth-order valence-electron chi connectivity index (χ4n) is 3.60. The van der Waals surface area contributed by atoms with Gasteiger partial charge in [0.2, 0.25) is 0 Å². The Hall–Kier alpha value is -2.63. The molecule has 0 unspecified atom stereocenters. The number of hydrogen-bond donors (Lipinski definition) is 2. The monoisotopic (exact) mass is 413 g/mol. The lowest BCUT2D eigenvalue weighted by atomic mass is 9.95. The first kappa shape index (κ1) is 22.7. The summed E-state index contributed by atoms with van der Waals surface area (Å²) < 4.78 is 1.79. The lowest BCUT2D eigenvalue weighted by Crippen LogP contribution is -2.28. The zero-order chi connectivity index (χ0) is 20.3. The average molecular weight is 414 g/mol. The summed E-state index contributed by atoms with van der Waals surface area (Å²) >= 11 is 0. The number of carbonyl (C=O) groups is 1. The molecule has 2 aromatic carbocycles. The number of hydrogen-bond acceptors (Lipinski definition) is 3.